The van der Waals surface area contributed by atoms with Gasteiger partial charge in [-0.25, -0.2) is 0 Å². The van der Waals surface area contributed by atoms with Crippen LogP contribution < -0.4 is 5.32 Å². The number of likely N-dealkylation sites (tertiary alicyclic amines) is 1. The fraction of sp³-hybridized carbons (Fsp3) is 1.00. The summed E-state index contributed by atoms with van der Waals surface area (Å²) in [6.07, 6.45) is 9.90. The van der Waals surface area contributed by atoms with Crippen LogP contribution in [0, 0.1) is 5.92 Å². The lowest BCUT2D eigenvalue weighted by Gasteiger charge is -2.42. The predicted octanol–water partition coefficient (Wildman–Crippen LogP) is 3.42. The van der Waals surface area contributed by atoms with Gasteiger partial charge in [-0.3, -0.25) is 4.90 Å². The van der Waals surface area contributed by atoms with Gasteiger partial charge in [0.25, 0.3) is 0 Å². The lowest BCUT2D eigenvalue weighted by Crippen LogP contribution is -2.53. The van der Waals surface area contributed by atoms with E-state index >= 15 is 0 Å². The third-order valence-corrected chi connectivity index (χ3v) is 4.95. The van der Waals surface area contributed by atoms with Gasteiger partial charge in [0.15, 0.2) is 0 Å². The summed E-state index contributed by atoms with van der Waals surface area (Å²) in [5, 5.41) is 3.97. The van der Waals surface area contributed by atoms with Crippen molar-refractivity contribution < 1.29 is 0 Å². The first-order chi connectivity index (χ1) is 8.69. The molecule has 2 heteroatoms. The third kappa shape index (κ3) is 3.96. The highest BCUT2D eigenvalue weighted by molar-refractivity contribution is 4.87. The molecule has 106 valence electrons. The van der Waals surface area contributed by atoms with Gasteiger partial charge in [0, 0.05) is 31.2 Å². The minimum Gasteiger partial charge on any atom is -0.310 e. The van der Waals surface area contributed by atoms with Crippen LogP contribution in [-0.2, 0) is 0 Å². The van der Waals surface area contributed by atoms with E-state index in [-0.39, 0.29) is 0 Å². The van der Waals surface area contributed by atoms with Crippen LogP contribution in [0.2, 0.25) is 0 Å². The Hall–Kier alpha value is -0.0800. The first-order valence-electron chi connectivity index (χ1n) is 8.19. The van der Waals surface area contributed by atoms with Crippen LogP contribution in [0.4, 0.5) is 0 Å². The molecule has 2 unspecified atom stereocenters. The van der Waals surface area contributed by atoms with Crippen LogP contribution in [0.5, 0.6) is 0 Å². The highest BCUT2D eigenvalue weighted by atomic mass is 15.2. The van der Waals surface area contributed by atoms with Crippen LogP contribution >= 0.6 is 0 Å². The van der Waals surface area contributed by atoms with Crippen molar-refractivity contribution in [1.29, 1.82) is 0 Å². The second-order valence-corrected chi connectivity index (χ2v) is 6.76. The monoisotopic (exact) mass is 252 g/mol. The molecule has 18 heavy (non-hydrogen) atoms. The van der Waals surface area contributed by atoms with E-state index in [1.54, 1.807) is 0 Å². The van der Waals surface area contributed by atoms with Crippen molar-refractivity contribution >= 4 is 0 Å². The average Bonchev–Trinajstić information content (AvgIpc) is 2.39. The number of nitrogens with zero attached hydrogens (tertiary/aromatic N) is 1. The molecular formula is C16H32N2. The van der Waals surface area contributed by atoms with E-state index in [9.17, 15) is 0 Å². The molecule has 2 nitrogen and oxygen atoms in total. The maximum atomic E-state index is 3.97. The molecule has 2 aliphatic rings. The molecule has 2 rings (SSSR count). The summed E-state index contributed by atoms with van der Waals surface area (Å²) < 4.78 is 0. The average molecular weight is 252 g/mol. The largest absolute Gasteiger partial charge is 0.310 e. The molecule has 1 aliphatic heterocycles. The molecule has 0 aromatic rings. The molecule has 0 bridgehead atoms. The van der Waals surface area contributed by atoms with E-state index in [1.807, 2.05) is 0 Å². The van der Waals surface area contributed by atoms with Crippen LogP contribution in [0.25, 0.3) is 0 Å². The van der Waals surface area contributed by atoms with Gasteiger partial charge in [-0.1, -0.05) is 32.6 Å². The van der Waals surface area contributed by atoms with E-state index in [2.05, 4.69) is 31.0 Å². The zero-order chi connectivity index (χ0) is 13.0. The van der Waals surface area contributed by atoms with Crippen LogP contribution in [-0.4, -0.2) is 36.1 Å². The number of hydrogen-bond acceptors (Lipinski definition) is 2. The Kier molecular flexibility index (Phi) is 5.50. The van der Waals surface area contributed by atoms with E-state index in [4.69, 9.17) is 0 Å². The molecule has 0 amide bonds. The molecule has 0 spiro atoms. The number of rotatable bonds is 4. The Bertz CT molecular complexity index is 233. The van der Waals surface area contributed by atoms with E-state index < -0.39 is 0 Å². The predicted molar refractivity (Wildman–Crippen MR) is 78.9 cm³/mol. The van der Waals surface area contributed by atoms with Gasteiger partial charge < -0.3 is 5.32 Å². The summed E-state index contributed by atoms with van der Waals surface area (Å²) in [7, 11) is 0. The molecular weight excluding hydrogens is 220 g/mol. The van der Waals surface area contributed by atoms with Gasteiger partial charge in [0.2, 0.25) is 0 Å². The first kappa shape index (κ1) is 14.3. The fourth-order valence-corrected chi connectivity index (χ4v) is 3.68. The van der Waals surface area contributed by atoms with Crippen molar-refractivity contribution in [3.05, 3.63) is 0 Å². The molecule has 0 aromatic heterocycles. The number of piperidine rings is 1. The topological polar surface area (TPSA) is 15.3 Å². The summed E-state index contributed by atoms with van der Waals surface area (Å²) in [5.41, 5.74) is 0. The molecule has 1 heterocycles. The van der Waals surface area contributed by atoms with E-state index in [0.717, 1.165) is 18.0 Å². The zero-order valence-electron chi connectivity index (χ0n) is 12.6. The maximum Gasteiger partial charge on any atom is 0.0200 e. The SMILES string of the molecule is CCC1CC(NC2CCCCC2)CN(C(C)C)C1. The molecule has 1 aliphatic carbocycles. The smallest absolute Gasteiger partial charge is 0.0200 e. The highest BCUT2D eigenvalue weighted by Gasteiger charge is 2.29. The molecule has 0 aromatic carbocycles. The lowest BCUT2D eigenvalue weighted by molar-refractivity contribution is 0.102. The summed E-state index contributed by atoms with van der Waals surface area (Å²) in [6, 6.07) is 2.26. The number of nitrogens with one attached hydrogen (secondary N) is 1. The molecule has 1 N–H and O–H groups in total. The summed E-state index contributed by atoms with van der Waals surface area (Å²) in [4.78, 5) is 2.68. The Morgan fingerprint density at radius 2 is 1.78 bits per heavy atom. The van der Waals surface area contributed by atoms with Crippen LogP contribution in [0.3, 0.4) is 0 Å². The molecule has 2 atom stereocenters. The fourth-order valence-electron chi connectivity index (χ4n) is 3.68. The molecule has 2 fully saturated rings. The zero-order valence-corrected chi connectivity index (χ0v) is 12.6. The van der Waals surface area contributed by atoms with E-state index in [1.165, 1.54) is 58.0 Å². The minimum absolute atomic E-state index is 0.704. The second-order valence-electron chi connectivity index (χ2n) is 6.76. The Morgan fingerprint density at radius 1 is 1.06 bits per heavy atom. The molecule has 0 radical (unpaired) electrons. The Labute approximate surface area is 114 Å². The molecule has 1 saturated carbocycles. The standard InChI is InChI=1S/C16H32N2/c1-4-14-10-16(12-18(11-14)13(2)3)17-15-8-6-5-7-9-15/h13-17H,4-12H2,1-3H3. The van der Waals surface area contributed by atoms with Crippen LogP contribution in [0.15, 0.2) is 0 Å². The Balaban J connectivity index is 1.85. The van der Waals surface area contributed by atoms with Crippen molar-refractivity contribution in [3.63, 3.8) is 0 Å². The molecule has 1 saturated heterocycles. The first-order valence-corrected chi connectivity index (χ1v) is 8.19. The summed E-state index contributed by atoms with van der Waals surface area (Å²) in [6.45, 7) is 9.62. The normalized spacial score (nSPS) is 32.0. The van der Waals surface area contributed by atoms with Gasteiger partial charge in [0.1, 0.15) is 0 Å². The van der Waals surface area contributed by atoms with Crippen molar-refractivity contribution in [2.45, 2.75) is 83.8 Å². The van der Waals surface area contributed by atoms with Gasteiger partial charge in [-0.2, -0.15) is 0 Å². The van der Waals surface area contributed by atoms with Crippen LogP contribution in [0.1, 0.15) is 65.7 Å². The summed E-state index contributed by atoms with van der Waals surface area (Å²) in [5.74, 6) is 0.905. The van der Waals surface area contributed by atoms with Gasteiger partial charge in [-0.05, 0) is 39.0 Å². The van der Waals surface area contributed by atoms with E-state index in [0.29, 0.717) is 6.04 Å². The van der Waals surface area contributed by atoms with Crippen molar-refractivity contribution in [3.8, 4) is 0 Å². The quantitative estimate of drug-likeness (QED) is 0.825. The highest BCUT2D eigenvalue weighted by Crippen LogP contribution is 2.24. The number of hydrogen-bond donors (Lipinski definition) is 1. The third-order valence-electron chi connectivity index (χ3n) is 4.95. The Morgan fingerprint density at radius 3 is 2.39 bits per heavy atom. The van der Waals surface area contributed by atoms with Gasteiger partial charge in [0.05, 0.1) is 0 Å². The van der Waals surface area contributed by atoms with Crippen molar-refractivity contribution in [2.75, 3.05) is 13.1 Å². The van der Waals surface area contributed by atoms with Gasteiger partial charge in [-0.15, -0.1) is 0 Å². The summed E-state index contributed by atoms with van der Waals surface area (Å²) >= 11 is 0. The lowest BCUT2D eigenvalue weighted by atomic mass is 9.89. The maximum absolute atomic E-state index is 3.97. The van der Waals surface area contributed by atoms with Crippen molar-refractivity contribution in [1.82, 2.24) is 10.2 Å². The van der Waals surface area contributed by atoms with Gasteiger partial charge >= 0.3 is 0 Å². The van der Waals surface area contributed by atoms with Crippen molar-refractivity contribution in [2.24, 2.45) is 5.92 Å². The second kappa shape index (κ2) is 6.91. The minimum atomic E-state index is 0.704.